The highest BCUT2D eigenvalue weighted by atomic mass is 35.5. The van der Waals surface area contributed by atoms with Gasteiger partial charge in [-0.25, -0.2) is 4.39 Å². The van der Waals surface area contributed by atoms with Gasteiger partial charge in [0.1, 0.15) is 5.82 Å². The Labute approximate surface area is 121 Å². The Balaban J connectivity index is 3.00. The van der Waals surface area contributed by atoms with E-state index in [0.29, 0.717) is 22.5 Å². The zero-order valence-electron chi connectivity index (χ0n) is 12.3. The second kappa shape index (κ2) is 7.86. The maximum atomic E-state index is 14.1. The first-order chi connectivity index (χ1) is 8.97. The van der Waals surface area contributed by atoms with Crippen LogP contribution in [0.5, 0.6) is 0 Å². The number of halogens is 2. The molecule has 0 amide bonds. The molecular formula is C16H25ClFN. The molecule has 1 aromatic carbocycles. The van der Waals surface area contributed by atoms with E-state index >= 15 is 0 Å². The summed E-state index contributed by atoms with van der Waals surface area (Å²) in [6, 6.07) is 5.34. The molecule has 1 N–H and O–H groups in total. The molecule has 1 nitrogen and oxygen atoms in total. The van der Waals surface area contributed by atoms with E-state index in [9.17, 15) is 4.39 Å². The Kier molecular flexibility index (Phi) is 6.81. The lowest BCUT2D eigenvalue weighted by molar-refractivity contribution is 0.382. The molecule has 0 radical (unpaired) electrons. The summed E-state index contributed by atoms with van der Waals surface area (Å²) in [4.78, 5) is 0. The van der Waals surface area contributed by atoms with Crippen LogP contribution in [0.3, 0.4) is 0 Å². The van der Waals surface area contributed by atoms with Crippen LogP contribution in [0.2, 0.25) is 5.02 Å². The summed E-state index contributed by atoms with van der Waals surface area (Å²) in [5.74, 6) is 0.340. The fourth-order valence-corrected chi connectivity index (χ4v) is 2.78. The lowest BCUT2D eigenvalue weighted by atomic mass is 9.84. The van der Waals surface area contributed by atoms with Crippen molar-refractivity contribution in [2.24, 2.45) is 5.92 Å². The maximum Gasteiger partial charge on any atom is 0.128 e. The van der Waals surface area contributed by atoms with Crippen LogP contribution in [0.15, 0.2) is 18.2 Å². The summed E-state index contributed by atoms with van der Waals surface area (Å²) < 4.78 is 14.1. The average molecular weight is 286 g/mol. The molecule has 0 fully saturated rings. The van der Waals surface area contributed by atoms with Crippen LogP contribution in [0, 0.1) is 11.7 Å². The molecule has 0 spiro atoms. The number of hydrogen-bond donors (Lipinski definition) is 1. The molecule has 19 heavy (non-hydrogen) atoms. The van der Waals surface area contributed by atoms with Crippen LogP contribution in [0.4, 0.5) is 4.39 Å². The quantitative estimate of drug-likeness (QED) is 0.743. The first-order valence-electron chi connectivity index (χ1n) is 7.14. The molecular weight excluding hydrogens is 261 g/mol. The van der Waals surface area contributed by atoms with E-state index in [1.165, 1.54) is 6.07 Å². The smallest absolute Gasteiger partial charge is 0.128 e. The van der Waals surface area contributed by atoms with Crippen molar-refractivity contribution in [1.29, 1.82) is 0 Å². The van der Waals surface area contributed by atoms with Gasteiger partial charge in [-0.1, -0.05) is 58.2 Å². The van der Waals surface area contributed by atoms with Gasteiger partial charge in [0.05, 0.1) is 0 Å². The summed E-state index contributed by atoms with van der Waals surface area (Å²) >= 11 is 6.22. The normalized spacial score (nSPS) is 14.7. The number of rotatable bonds is 7. The number of nitrogens with one attached hydrogen (secondary N) is 1. The molecule has 0 aromatic heterocycles. The van der Waals surface area contributed by atoms with Gasteiger partial charge in [0.25, 0.3) is 0 Å². The third-order valence-electron chi connectivity index (χ3n) is 3.55. The topological polar surface area (TPSA) is 12.0 Å². The second-order valence-corrected chi connectivity index (χ2v) is 5.98. The summed E-state index contributed by atoms with van der Waals surface area (Å²) in [6.07, 6.45) is 2.18. The molecule has 2 atom stereocenters. The van der Waals surface area contributed by atoms with Crippen molar-refractivity contribution >= 4 is 11.6 Å². The third kappa shape index (κ3) is 4.77. The van der Waals surface area contributed by atoms with Gasteiger partial charge >= 0.3 is 0 Å². The van der Waals surface area contributed by atoms with Crippen molar-refractivity contribution in [3.8, 4) is 0 Å². The fraction of sp³-hybridized carbons (Fsp3) is 0.625. The number of hydrogen-bond acceptors (Lipinski definition) is 1. The average Bonchev–Trinajstić information content (AvgIpc) is 2.32. The van der Waals surface area contributed by atoms with Crippen LogP contribution in [-0.4, -0.2) is 12.6 Å². The summed E-state index contributed by atoms with van der Waals surface area (Å²) in [5, 5.41) is 3.95. The molecule has 3 heteroatoms. The molecule has 1 aromatic rings. The molecule has 0 saturated heterocycles. The van der Waals surface area contributed by atoms with Crippen LogP contribution in [0.1, 0.15) is 52.0 Å². The lowest BCUT2D eigenvalue weighted by Gasteiger charge is -2.27. The Morgan fingerprint density at radius 2 is 1.95 bits per heavy atom. The van der Waals surface area contributed by atoms with E-state index in [1.807, 2.05) is 0 Å². The first kappa shape index (κ1) is 16.5. The molecule has 0 heterocycles. The third-order valence-corrected chi connectivity index (χ3v) is 3.88. The maximum absolute atomic E-state index is 14.1. The highest BCUT2D eigenvalue weighted by molar-refractivity contribution is 6.31. The summed E-state index contributed by atoms with van der Waals surface area (Å²) in [7, 11) is 0. The lowest BCUT2D eigenvalue weighted by Crippen LogP contribution is -2.31. The molecule has 0 bridgehead atoms. The first-order valence-corrected chi connectivity index (χ1v) is 7.52. The predicted octanol–water partition coefficient (Wildman–Crippen LogP) is 5.00. The minimum atomic E-state index is -0.189. The Bertz CT molecular complexity index is 372. The zero-order valence-corrected chi connectivity index (χ0v) is 13.1. The molecule has 1 rings (SSSR count). The highest BCUT2D eigenvalue weighted by Gasteiger charge is 2.24. The van der Waals surface area contributed by atoms with Gasteiger partial charge in [-0.05, 0) is 18.1 Å². The van der Waals surface area contributed by atoms with Gasteiger partial charge in [0.15, 0.2) is 0 Å². The highest BCUT2D eigenvalue weighted by Crippen LogP contribution is 2.34. The van der Waals surface area contributed by atoms with Crippen molar-refractivity contribution < 1.29 is 4.39 Å². The van der Waals surface area contributed by atoms with Crippen molar-refractivity contribution in [2.45, 2.75) is 52.5 Å². The van der Waals surface area contributed by atoms with Crippen LogP contribution in [-0.2, 0) is 0 Å². The summed E-state index contributed by atoms with van der Waals surface area (Å²) in [6.45, 7) is 9.31. The molecule has 0 aliphatic carbocycles. The molecule has 2 unspecified atom stereocenters. The van der Waals surface area contributed by atoms with Gasteiger partial charge in [-0.15, -0.1) is 0 Å². The van der Waals surface area contributed by atoms with Crippen LogP contribution >= 0.6 is 11.6 Å². The molecule has 0 aliphatic heterocycles. The van der Waals surface area contributed by atoms with Gasteiger partial charge in [0, 0.05) is 29.1 Å². The monoisotopic (exact) mass is 285 g/mol. The van der Waals surface area contributed by atoms with E-state index < -0.39 is 0 Å². The standard InChI is InChI=1S/C16H25ClFN/c1-5-7-12(4)13(10-19-11(2)3)16-14(17)8-6-9-15(16)18/h6,8-9,11-13,19H,5,7,10H2,1-4H3. The second-order valence-electron chi connectivity index (χ2n) is 5.57. The Morgan fingerprint density at radius 3 is 2.47 bits per heavy atom. The largest absolute Gasteiger partial charge is 0.314 e. The van der Waals surface area contributed by atoms with E-state index in [1.54, 1.807) is 12.1 Å². The molecule has 0 saturated carbocycles. The molecule has 108 valence electrons. The van der Waals surface area contributed by atoms with E-state index in [4.69, 9.17) is 11.6 Å². The fourth-order valence-electron chi connectivity index (χ4n) is 2.47. The van der Waals surface area contributed by atoms with E-state index in [0.717, 1.165) is 19.4 Å². The van der Waals surface area contributed by atoms with E-state index in [2.05, 4.69) is 33.0 Å². The van der Waals surface area contributed by atoms with Gasteiger partial charge in [0.2, 0.25) is 0 Å². The van der Waals surface area contributed by atoms with Gasteiger partial charge in [-0.3, -0.25) is 0 Å². The van der Waals surface area contributed by atoms with Crippen molar-refractivity contribution in [3.05, 3.63) is 34.6 Å². The van der Waals surface area contributed by atoms with Crippen molar-refractivity contribution in [1.82, 2.24) is 5.32 Å². The minimum Gasteiger partial charge on any atom is -0.314 e. The minimum absolute atomic E-state index is 0.121. The zero-order chi connectivity index (χ0) is 14.4. The SMILES string of the molecule is CCCC(C)C(CNC(C)C)c1c(F)cccc1Cl. The van der Waals surface area contributed by atoms with E-state index in [-0.39, 0.29) is 11.7 Å². The summed E-state index contributed by atoms with van der Waals surface area (Å²) in [5.41, 5.74) is 0.665. The van der Waals surface area contributed by atoms with Gasteiger partial charge < -0.3 is 5.32 Å². The van der Waals surface area contributed by atoms with Gasteiger partial charge in [-0.2, -0.15) is 0 Å². The Hall–Kier alpha value is -0.600. The number of benzene rings is 1. The Morgan fingerprint density at radius 1 is 1.26 bits per heavy atom. The van der Waals surface area contributed by atoms with Crippen molar-refractivity contribution in [3.63, 3.8) is 0 Å². The van der Waals surface area contributed by atoms with Crippen LogP contribution in [0.25, 0.3) is 0 Å². The predicted molar refractivity (Wildman–Crippen MR) is 81.4 cm³/mol. The molecule has 0 aliphatic rings. The van der Waals surface area contributed by atoms with Crippen LogP contribution < -0.4 is 5.32 Å². The van der Waals surface area contributed by atoms with Crippen molar-refractivity contribution in [2.75, 3.05) is 6.54 Å².